The molecule has 1 atom stereocenters. The van der Waals surface area contributed by atoms with Crippen LogP contribution in [0.1, 0.15) is 18.9 Å². The Morgan fingerprint density at radius 1 is 1.32 bits per heavy atom. The van der Waals surface area contributed by atoms with Gasteiger partial charge in [-0.2, -0.15) is 0 Å². The Hall–Kier alpha value is -2.55. The van der Waals surface area contributed by atoms with Crippen LogP contribution < -0.4 is 10.1 Å². The summed E-state index contributed by atoms with van der Waals surface area (Å²) in [4.78, 5) is 12.2. The molecule has 1 N–H and O–H groups in total. The van der Waals surface area contributed by atoms with Crippen LogP contribution in [0.15, 0.2) is 60.3 Å². The van der Waals surface area contributed by atoms with Gasteiger partial charge in [0.25, 0.3) is 0 Å². The van der Waals surface area contributed by atoms with Crippen molar-refractivity contribution in [3.63, 3.8) is 0 Å². The average Bonchev–Trinajstić information content (AvgIpc) is 3.13. The molecule has 2 aromatic carbocycles. The van der Waals surface area contributed by atoms with Crippen molar-refractivity contribution in [2.75, 3.05) is 11.1 Å². The van der Waals surface area contributed by atoms with E-state index in [2.05, 4.69) is 22.1 Å². The highest BCUT2D eigenvalue weighted by Crippen LogP contribution is 2.31. The molecule has 3 rings (SSSR count). The maximum atomic E-state index is 13.7. The summed E-state index contributed by atoms with van der Waals surface area (Å²) in [7, 11) is 0. The van der Waals surface area contributed by atoms with Crippen LogP contribution in [0, 0.1) is 5.82 Å². The van der Waals surface area contributed by atoms with Crippen LogP contribution in [0.4, 0.5) is 10.1 Å². The van der Waals surface area contributed by atoms with Gasteiger partial charge in [0.1, 0.15) is 11.6 Å². The van der Waals surface area contributed by atoms with Crippen molar-refractivity contribution in [1.29, 1.82) is 0 Å². The highest BCUT2D eigenvalue weighted by Gasteiger charge is 2.21. The van der Waals surface area contributed by atoms with Crippen LogP contribution in [0.5, 0.6) is 5.75 Å². The lowest BCUT2D eigenvalue weighted by Gasteiger charge is -2.16. The lowest BCUT2D eigenvalue weighted by Crippen LogP contribution is -2.16. The topological polar surface area (TPSA) is 69.0 Å². The normalized spacial score (nSPS) is 11.7. The lowest BCUT2D eigenvalue weighted by atomic mass is 10.3. The summed E-state index contributed by atoms with van der Waals surface area (Å²) < 4.78 is 21.4. The molecule has 1 unspecified atom stereocenters. The molecule has 0 aliphatic heterocycles. The highest BCUT2D eigenvalue weighted by atomic mass is 35.5. The van der Waals surface area contributed by atoms with Crippen molar-refractivity contribution >= 4 is 46.6 Å². The second-order valence-corrected chi connectivity index (χ2v) is 8.18. The van der Waals surface area contributed by atoms with Crippen molar-refractivity contribution < 1.29 is 13.9 Å². The molecule has 6 nitrogen and oxygen atoms in total. The van der Waals surface area contributed by atoms with Crippen molar-refractivity contribution in [1.82, 2.24) is 14.8 Å². The fraction of sp³-hybridized carbons (Fsp3) is 0.190. The van der Waals surface area contributed by atoms with E-state index in [1.165, 1.54) is 23.9 Å². The van der Waals surface area contributed by atoms with Crippen LogP contribution in [0.2, 0.25) is 10.0 Å². The van der Waals surface area contributed by atoms with Gasteiger partial charge in [-0.05, 0) is 37.3 Å². The number of rotatable bonds is 9. The Morgan fingerprint density at radius 3 is 2.81 bits per heavy atom. The van der Waals surface area contributed by atoms with Crippen molar-refractivity contribution in [3.05, 3.63) is 76.8 Å². The van der Waals surface area contributed by atoms with E-state index in [1.54, 1.807) is 41.0 Å². The summed E-state index contributed by atoms with van der Waals surface area (Å²) in [6.45, 7) is 5.99. The smallest absolute Gasteiger partial charge is 0.234 e. The van der Waals surface area contributed by atoms with Crippen LogP contribution in [-0.4, -0.2) is 26.4 Å². The summed E-state index contributed by atoms with van der Waals surface area (Å²) in [5, 5.41) is 12.3. The molecule has 0 saturated heterocycles. The molecule has 1 amide bonds. The fourth-order valence-corrected chi connectivity index (χ4v) is 3.91. The number of thioether (sulfide) groups is 1. The second-order valence-electron chi connectivity index (χ2n) is 6.39. The first-order valence-electron chi connectivity index (χ1n) is 9.22. The largest absolute Gasteiger partial charge is 0.481 e. The standard InChI is InChI=1S/C21H19Cl2FN4O2S/c1-3-10-28-20(13(2)30-18-9-8-14(22)11-15(18)23)26-27-21(28)31-12-19(29)25-17-7-5-4-6-16(17)24/h3-9,11,13H,1,10,12H2,2H3,(H,25,29). The number of benzene rings is 2. The van der Waals surface area contributed by atoms with E-state index < -0.39 is 11.9 Å². The van der Waals surface area contributed by atoms with Gasteiger partial charge in [-0.25, -0.2) is 4.39 Å². The molecule has 31 heavy (non-hydrogen) atoms. The number of halogens is 3. The second kappa shape index (κ2) is 10.7. The molecule has 0 aliphatic rings. The van der Waals surface area contributed by atoms with Crippen LogP contribution in [-0.2, 0) is 11.3 Å². The molecular formula is C21H19Cl2FN4O2S. The molecule has 0 radical (unpaired) electrons. The highest BCUT2D eigenvalue weighted by molar-refractivity contribution is 7.99. The van der Waals surface area contributed by atoms with Gasteiger partial charge in [-0.3, -0.25) is 9.36 Å². The van der Waals surface area contributed by atoms with E-state index in [-0.39, 0.29) is 17.3 Å². The van der Waals surface area contributed by atoms with E-state index in [0.717, 1.165) is 0 Å². The zero-order valence-electron chi connectivity index (χ0n) is 16.5. The average molecular weight is 481 g/mol. The molecule has 1 aromatic heterocycles. The number of para-hydroxylation sites is 1. The minimum atomic E-state index is -0.496. The number of hydrogen-bond acceptors (Lipinski definition) is 5. The molecule has 1 heterocycles. The number of amides is 1. The molecular weight excluding hydrogens is 462 g/mol. The fourth-order valence-electron chi connectivity index (χ4n) is 2.70. The van der Waals surface area contributed by atoms with Crippen LogP contribution >= 0.6 is 35.0 Å². The Kier molecular flexibility index (Phi) is 7.95. The number of carbonyl (C=O) groups excluding carboxylic acids is 1. The molecule has 10 heteroatoms. The Morgan fingerprint density at radius 2 is 2.10 bits per heavy atom. The number of nitrogens with zero attached hydrogens (tertiary/aromatic N) is 3. The zero-order valence-corrected chi connectivity index (χ0v) is 18.8. The molecule has 3 aromatic rings. The summed E-state index contributed by atoms with van der Waals surface area (Å²) in [6, 6.07) is 10.9. The number of allylic oxidation sites excluding steroid dienone is 1. The Balaban J connectivity index is 1.70. The van der Waals surface area contributed by atoms with E-state index in [9.17, 15) is 9.18 Å². The third kappa shape index (κ3) is 6.00. The number of ether oxygens (including phenoxy) is 1. The first-order chi connectivity index (χ1) is 14.9. The van der Waals surface area contributed by atoms with Gasteiger partial charge in [-0.15, -0.1) is 16.8 Å². The van der Waals surface area contributed by atoms with Crippen LogP contribution in [0.25, 0.3) is 0 Å². The molecule has 0 fully saturated rings. The summed E-state index contributed by atoms with van der Waals surface area (Å²) in [5.41, 5.74) is 0.128. The molecule has 0 aliphatic carbocycles. The van der Waals surface area contributed by atoms with Gasteiger partial charge < -0.3 is 10.1 Å². The number of aromatic nitrogens is 3. The maximum absolute atomic E-state index is 13.7. The van der Waals surface area contributed by atoms with Crippen molar-refractivity contribution in [2.45, 2.75) is 24.7 Å². The third-order valence-corrected chi connectivity index (χ3v) is 5.60. The monoisotopic (exact) mass is 480 g/mol. The number of anilines is 1. The zero-order chi connectivity index (χ0) is 22.4. The molecule has 0 bridgehead atoms. The van der Waals surface area contributed by atoms with Crippen LogP contribution in [0.3, 0.4) is 0 Å². The van der Waals surface area contributed by atoms with Gasteiger partial charge in [0, 0.05) is 11.6 Å². The summed E-state index contributed by atoms with van der Waals surface area (Å²) in [5.74, 6) is 0.182. The summed E-state index contributed by atoms with van der Waals surface area (Å²) in [6.07, 6.45) is 1.21. The van der Waals surface area contributed by atoms with E-state index in [1.807, 2.05) is 6.92 Å². The van der Waals surface area contributed by atoms with E-state index in [0.29, 0.717) is 33.3 Å². The Bertz CT molecular complexity index is 1090. The minimum absolute atomic E-state index is 0.0296. The number of carbonyl (C=O) groups is 1. The minimum Gasteiger partial charge on any atom is -0.481 e. The summed E-state index contributed by atoms with van der Waals surface area (Å²) >= 11 is 13.3. The van der Waals surface area contributed by atoms with Gasteiger partial charge in [0.15, 0.2) is 17.1 Å². The van der Waals surface area contributed by atoms with Gasteiger partial charge in [-0.1, -0.05) is 53.2 Å². The molecule has 162 valence electrons. The van der Waals surface area contributed by atoms with Gasteiger partial charge >= 0.3 is 0 Å². The molecule has 0 saturated carbocycles. The predicted molar refractivity (Wildman–Crippen MR) is 121 cm³/mol. The first-order valence-corrected chi connectivity index (χ1v) is 11.0. The third-order valence-electron chi connectivity index (χ3n) is 4.10. The lowest BCUT2D eigenvalue weighted by molar-refractivity contribution is -0.113. The van der Waals surface area contributed by atoms with E-state index in [4.69, 9.17) is 27.9 Å². The predicted octanol–water partition coefficient (Wildman–Crippen LogP) is 5.78. The number of nitrogens with one attached hydrogen (secondary N) is 1. The van der Waals surface area contributed by atoms with Gasteiger partial charge in [0.2, 0.25) is 5.91 Å². The van der Waals surface area contributed by atoms with Crippen molar-refractivity contribution in [3.8, 4) is 5.75 Å². The SMILES string of the molecule is C=CCn1c(SCC(=O)Nc2ccccc2F)nnc1C(C)Oc1ccc(Cl)cc1Cl. The van der Waals surface area contributed by atoms with Crippen molar-refractivity contribution in [2.24, 2.45) is 0 Å². The quantitative estimate of drug-likeness (QED) is 0.310. The van der Waals surface area contributed by atoms with Gasteiger partial charge in [0.05, 0.1) is 16.5 Å². The number of hydrogen-bond donors (Lipinski definition) is 1. The molecule has 0 spiro atoms. The Labute approximate surface area is 193 Å². The first kappa shape index (κ1) is 23.1. The van der Waals surface area contributed by atoms with E-state index >= 15 is 0 Å². The maximum Gasteiger partial charge on any atom is 0.234 e.